The summed E-state index contributed by atoms with van der Waals surface area (Å²) in [5.41, 5.74) is 2.11. The molecule has 0 aliphatic carbocycles. The summed E-state index contributed by atoms with van der Waals surface area (Å²) in [4.78, 5) is 36.4. The van der Waals surface area contributed by atoms with Gasteiger partial charge in [0.2, 0.25) is 5.91 Å². The molecule has 1 aromatic heterocycles. The van der Waals surface area contributed by atoms with E-state index in [1.807, 2.05) is 12.1 Å². The van der Waals surface area contributed by atoms with Crippen LogP contribution in [-0.4, -0.2) is 85.7 Å². The lowest BCUT2D eigenvalue weighted by Gasteiger charge is -2.33. The average Bonchev–Trinajstić information content (AvgIpc) is 2.96. The molecular formula is C28H32Cl2N4O6S. The molecular weight excluding hydrogens is 591 g/mol. The van der Waals surface area contributed by atoms with E-state index in [0.29, 0.717) is 69.5 Å². The molecule has 1 saturated heterocycles. The van der Waals surface area contributed by atoms with E-state index in [0.717, 1.165) is 12.1 Å². The number of aromatic nitrogens is 2. The number of halogens is 2. The summed E-state index contributed by atoms with van der Waals surface area (Å²) in [5, 5.41) is 5.00. The lowest BCUT2D eigenvalue weighted by atomic mass is 10.1. The van der Waals surface area contributed by atoms with Crippen molar-refractivity contribution in [1.29, 1.82) is 0 Å². The van der Waals surface area contributed by atoms with Crippen LogP contribution in [0, 0.1) is 0 Å². The smallest absolute Gasteiger partial charge is 0.311 e. The number of esters is 1. The Kier molecular flexibility index (Phi) is 11.3. The number of nitrogens with zero attached hydrogens (tertiary/aromatic N) is 3. The van der Waals surface area contributed by atoms with Crippen LogP contribution in [0.4, 0.5) is 0 Å². The van der Waals surface area contributed by atoms with Gasteiger partial charge < -0.3 is 24.3 Å². The quantitative estimate of drug-likeness (QED) is 0.179. The lowest BCUT2D eigenvalue weighted by molar-refractivity contribution is -0.142. The van der Waals surface area contributed by atoms with Crippen molar-refractivity contribution in [3.05, 3.63) is 51.6 Å². The van der Waals surface area contributed by atoms with Gasteiger partial charge in [-0.15, -0.1) is 0 Å². The number of hydrogen-bond donors (Lipinski definition) is 1. The van der Waals surface area contributed by atoms with Crippen LogP contribution in [0.3, 0.4) is 0 Å². The Labute approximate surface area is 253 Å². The third kappa shape index (κ3) is 8.59. The van der Waals surface area contributed by atoms with E-state index in [2.05, 4.69) is 20.2 Å². The van der Waals surface area contributed by atoms with E-state index in [-0.39, 0.29) is 30.8 Å². The van der Waals surface area contributed by atoms with E-state index in [9.17, 15) is 9.59 Å². The molecule has 4 rings (SSSR count). The largest absolute Gasteiger partial charge is 0.493 e. The highest BCUT2D eigenvalue weighted by Crippen LogP contribution is 2.33. The minimum atomic E-state index is -0.406. The second kappa shape index (κ2) is 14.9. The normalized spacial score (nSPS) is 15.5. The van der Waals surface area contributed by atoms with E-state index in [1.165, 1.54) is 26.0 Å². The molecule has 1 fully saturated rings. The zero-order valence-corrected chi connectivity index (χ0v) is 25.4. The number of nitrogens with one attached hydrogen (secondary N) is 1. The summed E-state index contributed by atoms with van der Waals surface area (Å²) in [5.74, 6) is 0.501. The van der Waals surface area contributed by atoms with E-state index < -0.39 is 5.97 Å². The van der Waals surface area contributed by atoms with Gasteiger partial charge >= 0.3 is 5.97 Å². The van der Waals surface area contributed by atoms with Crippen molar-refractivity contribution in [3.8, 4) is 11.5 Å². The highest BCUT2D eigenvalue weighted by atomic mass is 35.5. The molecule has 0 spiro atoms. The number of carbonyl (C=O) groups excluding carboxylic acids is 2. The Morgan fingerprint density at radius 1 is 1.12 bits per heavy atom. The minimum Gasteiger partial charge on any atom is -0.493 e. The van der Waals surface area contributed by atoms with Crippen molar-refractivity contribution in [2.24, 2.45) is 0 Å². The van der Waals surface area contributed by atoms with Crippen LogP contribution >= 0.6 is 35.0 Å². The maximum absolute atomic E-state index is 12.7. The first-order valence-corrected chi connectivity index (χ1v) is 14.8. The summed E-state index contributed by atoms with van der Waals surface area (Å²) in [6.45, 7) is 5.12. The highest BCUT2D eigenvalue weighted by molar-refractivity contribution is 7.99. The zero-order chi connectivity index (χ0) is 29.4. The number of carbonyl (C=O) groups is 2. The molecule has 41 heavy (non-hydrogen) atoms. The second-order valence-electron chi connectivity index (χ2n) is 9.23. The van der Waals surface area contributed by atoms with Crippen LogP contribution < -0.4 is 14.8 Å². The first-order valence-electron chi connectivity index (χ1n) is 13.0. The van der Waals surface area contributed by atoms with Crippen LogP contribution in [0.15, 0.2) is 35.5 Å². The molecule has 0 radical (unpaired) electrons. The maximum atomic E-state index is 12.7. The molecule has 2 aromatic carbocycles. The summed E-state index contributed by atoms with van der Waals surface area (Å²) in [6.07, 6.45) is -0.184. The van der Waals surface area contributed by atoms with Gasteiger partial charge in [-0.2, -0.15) is 0 Å². The van der Waals surface area contributed by atoms with Crippen molar-refractivity contribution in [2.45, 2.75) is 31.1 Å². The zero-order valence-electron chi connectivity index (χ0n) is 23.1. The fraction of sp³-hybridized carbons (Fsp3) is 0.429. The topological polar surface area (TPSA) is 112 Å². The van der Waals surface area contributed by atoms with Crippen molar-refractivity contribution in [3.63, 3.8) is 0 Å². The molecule has 1 amide bonds. The van der Waals surface area contributed by atoms with Gasteiger partial charge in [-0.05, 0) is 30.7 Å². The monoisotopic (exact) mass is 622 g/mol. The molecule has 13 heteroatoms. The summed E-state index contributed by atoms with van der Waals surface area (Å²) in [6, 6.07) is 9.07. The third-order valence-corrected chi connectivity index (χ3v) is 7.94. The Hall–Kier alpha value is -2.83. The van der Waals surface area contributed by atoms with Crippen LogP contribution in [0.2, 0.25) is 10.0 Å². The molecule has 1 aliphatic rings. The van der Waals surface area contributed by atoms with Gasteiger partial charge in [0.05, 0.1) is 67.0 Å². The van der Waals surface area contributed by atoms with Crippen molar-refractivity contribution < 1.29 is 28.5 Å². The minimum absolute atomic E-state index is 0.0418. The fourth-order valence-corrected chi connectivity index (χ4v) is 5.42. The standard InChI is InChI=1S/C28H32Cl2N4O6S/c1-4-39-27(36)12-23-19-10-24(37-2)25(38-3)11-22(19)32-28(33-23)41-16-26(35)31-13-18-15-34(7-8-40-18)14-17-5-6-20(29)21(30)9-17/h5-6,9-11,18H,4,7-8,12-16H2,1-3H3,(H,31,35)/t18-/m0/s1. The summed E-state index contributed by atoms with van der Waals surface area (Å²) in [7, 11) is 3.07. The van der Waals surface area contributed by atoms with Gasteiger partial charge in [0, 0.05) is 37.6 Å². The second-order valence-corrected chi connectivity index (χ2v) is 11.0. The average molecular weight is 624 g/mol. The van der Waals surface area contributed by atoms with Crippen LogP contribution in [0.1, 0.15) is 18.2 Å². The number of hydrogen-bond acceptors (Lipinski definition) is 10. The van der Waals surface area contributed by atoms with Gasteiger partial charge in [0.1, 0.15) is 0 Å². The number of fused-ring (bicyclic) bond motifs is 1. The van der Waals surface area contributed by atoms with Gasteiger partial charge in [-0.1, -0.05) is 41.0 Å². The number of thioether (sulfide) groups is 1. The summed E-state index contributed by atoms with van der Waals surface area (Å²) < 4.78 is 21.8. The van der Waals surface area contributed by atoms with Gasteiger partial charge in [0.15, 0.2) is 16.7 Å². The van der Waals surface area contributed by atoms with Crippen LogP contribution in [0.5, 0.6) is 11.5 Å². The maximum Gasteiger partial charge on any atom is 0.311 e. The molecule has 2 heterocycles. The van der Waals surface area contributed by atoms with Gasteiger partial charge in [0.25, 0.3) is 0 Å². The number of benzene rings is 2. The Balaban J connectivity index is 1.36. The molecule has 0 bridgehead atoms. The Bertz CT molecular complexity index is 1400. The summed E-state index contributed by atoms with van der Waals surface area (Å²) >= 11 is 13.4. The lowest BCUT2D eigenvalue weighted by Crippen LogP contribution is -2.47. The molecule has 1 N–H and O–H groups in total. The van der Waals surface area contributed by atoms with E-state index >= 15 is 0 Å². The van der Waals surface area contributed by atoms with Gasteiger partial charge in [-0.25, -0.2) is 9.97 Å². The fourth-order valence-electron chi connectivity index (χ4n) is 4.40. The predicted octanol–water partition coefficient (Wildman–Crippen LogP) is 4.17. The molecule has 0 saturated carbocycles. The number of methoxy groups -OCH3 is 2. The number of rotatable bonds is 12. The Morgan fingerprint density at radius 2 is 1.90 bits per heavy atom. The molecule has 1 atom stereocenters. The number of ether oxygens (including phenoxy) is 4. The van der Waals surface area contributed by atoms with Gasteiger partial charge in [-0.3, -0.25) is 14.5 Å². The van der Waals surface area contributed by atoms with Crippen molar-refractivity contribution in [2.75, 3.05) is 52.8 Å². The number of amides is 1. The molecule has 220 valence electrons. The third-order valence-electron chi connectivity index (χ3n) is 6.35. The predicted molar refractivity (Wildman–Crippen MR) is 158 cm³/mol. The SMILES string of the molecule is CCOC(=O)Cc1nc(SCC(=O)NC[C@H]2CN(Cc3ccc(Cl)c(Cl)c3)CCO2)nc2cc(OC)c(OC)cc12. The Morgan fingerprint density at radius 3 is 2.63 bits per heavy atom. The first kappa shape index (κ1) is 31.1. The van der Waals surface area contributed by atoms with E-state index in [4.69, 9.17) is 42.1 Å². The molecule has 10 nitrogen and oxygen atoms in total. The van der Waals surface area contributed by atoms with Crippen LogP contribution in [-0.2, 0) is 32.0 Å². The molecule has 0 unspecified atom stereocenters. The first-order chi connectivity index (χ1) is 19.8. The highest BCUT2D eigenvalue weighted by Gasteiger charge is 2.22. The number of morpholine rings is 1. The van der Waals surface area contributed by atoms with E-state index in [1.54, 1.807) is 25.1 Å². The van der Waals surface area contributed by atoms with Crippen LogP contribution in [0.25, 0.3) is 10.9 Å². The molecule has 3 aromatic rings. The van der Waals surface area contributed by atoms with Crippen molar-refractivity contribution in [1.82, 2.24) is 20.2 Å². The molecule has 1 aliphatic heterocycles. The van der Waals surface area contributed by atoms with Crippen molar-refractivity contribution >= 4 is 57.7 Å².